The van der Waals surface area contributed by atoms with E-state index in [4.69, 9.17) is 0 Å². The second-order valence-electron chi connectivity index (χ2n) is 5.20. The van der Waals surface area contributed by atoms with Gasteiger partial charge in [-0.05, 0) is 30.5 Å². The molecule has 6 nitrogen and oxygen atoms in total. The van der Waals surface area contributed by atoms with Crippen LogP contribution in [0.2, 0.25) is 0 Å². The van der Waals surface area contributed by atoms with Crippen molar-refractivity contribution in [1.82, 2.24) is 20.0 Å². The fourth-order valence-electron chi connectivity index (χ4n) is 2.01. The van der Waals surface area contributed by atoms with E-state index >= 15 is 0 Å². The zero-order chi connectivity index (χ0) is 14.7. The van der Waals surface area contributed by atoms with Crippen molar-refractivity contribution >= 4 is 10.0 Å². The molecular formula is C14H18N4O2S. The Balaban J connectivity index is 1.67. The van der Waals surface area contributed by atoms with Crippen LogP contribution in [-0.4, -0.2) is 24.4 Å². The fourth-order valence-corrected chi connectivity index (χ4v) is 3.09. The van der Waals surface area contributed by atoms with Crippen LogP contribution in [0.3, 0.4) is 0 Å². The van der Waals surface area contributed by atoms with Crippen molar-refractivity contribution in [1.29, 1.82) is 0 Å². The third-order valence-electron chi connectivity index (χ3n) is 3.39. The second-order valence-corrected chi connectivity index (χ2v) is 6.97. The number of hydrogen-bond donors (Lipinski definition) is 3. The van der Waals surface area contributed by atoms with Crippen molar-refractivity contribution in [3.05, 3.63) is 48.0 Å². The van der Waals surface area contributed by atoms with Crippen LogP contribution in [0.15, 0.2) is 41.7 Å². The van der Waals surface area contributed by atoms with E-state index < -0.39 is 10.0 Å². The molecule has 3 N–H and O–H groups in total. The highest BCUT2D eigenvalue weighted by Gasteiger charge is 2.20. The minimum absolute atomic E-state index is 0.201. The average Bonchev–Trinajstić information content (AvgIpc) is 3.17. The van der Waals surface area contributed by atoms with Crippen LogP contribution < -0.4 is 10.0 Å². The van der Waals surface area contributed by atoms with Gasteiger partial charge in [0.15, 0.2) is 0 Å². The lowest BCUT2D eigenvalue weighted by Gasteiger charge is -2.08. The molecule has 1 aromatic carbocycles. The summed E-state index contributed by atoms with van der Waals surface area (Å²) in [5.41, 5.74) is 1.71. The number of H-pyrrole nitrogens is 1. The SMILES string of the molecule is O=S(=O)(NCc1cnc[nH]1)c1cccc(CNC2CC2)c1. The lowest BCUT2D eigenvalue weighted by atomic mass is 10.2. The molecule has 1 fully saturated rings. The summed E-state index contributed by atoms with van der Waals surface area (Å²) in [4.78, 5) is 7.01. The number of aromatic amines is 1. The van der Waals surface area contributed by atoms with Crippen molar-refractivity contribution in [3.63, 3.8) is 0 Å². The molecule has 1 aliphatic rings. The number of benzene rings is 1. The lowest BCUT2D eigenvalue weighted by molar-refractivity contribution is 0.580. The molecule has 0 atom stereocenters. The fraction of sp³-hybridized carbons (Fsp3) is 0.357. The summed E-state index contributed by atoms with van der Waals surface area (Å²) in [7, 11) is -3.51. The van der Waals surface area contributed by atoms with Gasteiger partial charge in [-0.15, -0.1) is 0 Å². The third-order valence-corrected chi connectivity index (χ3v) is 4.79. The molecule has 1 saturated carbocycles. The highest BCUT2D eigenvalue weighted by atomic mass is 32.2. The summed E-state index contributed by atoms with van der Waals surface area (Å²) in [6.07, 6.45) is 5.54. The van der Waals surface area contributed by atoms with E-state index in [0.29, 0.717) is 12.6 Å². The molecule has 1 aliphatic carbocycles. The Labute approximate surface area is 124 Å². The van der Waals surface area contributed by atoms with Crippen LogP contribution in [0.1, 0.15) is 24.1 Å². The molecule has 2 aromatic rings. The van der Waals surface area contributed by atoms with E-state index in [1.807, 2.05) is 6.07 Å². The molecule has 0 saturated heterocycles. The first-order valence-electron chi connectivity index (χ1n) is 6.93. The summed E-state index contributed by atoms with van der Waals surface area (Å²) >= 11 is 0. The first-order valence-corrected chi connectivity index (χ1v) is 8.41. The zero-order valence-corrected chi connectivity index (χ0v) is 12.4. The summed E-state index contributed by atoms with van der Waals surface area (Å²) in [5.74, 6) is 0. The molecule has 0 spiro atoms. The number of nitrogens with one attached hydrogen (secondary N) is 3. The lowest BCUT2D eigenvalue weighted by Crippen LogP contribution is -2.23. The normalized spacial score (nSPS) is 15.2. The molecule has 1 heterocycles. The van der Waals surface area contributed by atoms with E-state index in [1.165, 1.54) is 19.2 Å². The summed E-state index contributed by atoms with van der Waals surface area (Å²) in [6.45, 7) is 0.904. The molecule has 0 unspecified atom stereocenters. The first kappa shape index (κ1) is 14.2. The maximum absolute atomic E-state index is 12.3. The van der Waals surface area contributed by atoms with Crippen LogP contribution in [0.5, 0.6) is 0 Å². The van der Waals surface area contributed by atoms with Gasteiger partial charge >= 0.3 is 0 Å². The van der Waals surface area contributed by atoms with Crippen LogP contribution >= 0.6 is 0 Å². The van der Waals surface area contributed by atoms with E-state index in [-0.39, 0.29) is 11.4 Å². The van der Waals surface area contributed by atoms with Gasteiger partial charge in [-0.1, -0.05) is 12.1 Å². The van der Waals surface area contributed by atoms with E-state index in [0.717, 1.165) is 11.3 Å². The molecule has 3 rings (SSSR count). The van der Waals surface area contributed by atoms with Crippen molar-refractivity contribution < 1.29 is 8.42 Å². The summed E-state index contributed by atoms with van der Waals surface area (Å²) in [6, 6.07) is 7.63. The van der Waals surface area contributed by atoms with Crippen molar-refractivity contribution in [2.75, 3.05) is 0 Å². The van der Waals surface area contributed by atoms with Gasteiger partial charge in [0.25, 0.3) is 0 Å². The molecule has 0 aliphatic heterocycles. The molecule has 0 amide bonds. The number of imidazole rings is 1. The van der Waals surface area contributed by atoms with Crippen LogP contribution in [-0.2, 0) is 23.1 Å². The topological polar surface area (TPSA) is 86.9 Å². The van der Waals surface area contributed by atoms with Crippen molar-refractivity contribution in [3.8, 4) is 0 Å². The quantitative estimate of drug-likeness (QED) is 0.716. The number of sulfonamides is 1. The average molecular weight is 306 g/mol. The third kappa shape index (κ3) is 3.90. The van der Waals surface area contributed by atoms with E-state index in [2.05, 4.69) is 20.0 Å². The number of hydrogen-bond acceptors (Lipinski definition) is 4. The Morgan fingerprint density at radius 2 is 2.14 bits per heavy atom. The molecule has 1 aromatic heterocycles. The van der Waals surface area contributed by atoms with Gasteiger partial charge in [-0.3, -0.25) is 0 Å². The van der Waals surface area contributed by atoms with Crippen LogP contribution in [0.4, 0.5) is 0 Å². The van der Waals surface area contributed by atoms with Crippen molar-refractivity contribution in [2.24, 2.45) is 0 Å². The summed E-state index contributed by atoms with van der Waals surface area (Å²) < 4.78 is 27.1. The Hall–Kier alpha value is -1.70. The monoisotopic (exact) mass is 306 g/mol. The number of aromatic nitrogens is 2. The van der Waals surface area contributed by atoms with Gasteiger partial charge in [-0.2, -0.15) is 0 Å². The van der Waals surface area contributed by atoms with Crippen LogP contribution in [0.25, 0.3) is 0 Å². The smallest absolute Gasteiger partial charge is 0.240 e. The molecule has 7 heteroatoms. The standard InChI is InChI=1S/C14H18N4O2S/c19-21(20,18-9-13-8-15-10-17-13)14-3-1-2-11(6-14)7-16-12-4-5-12/h1-3,6,8,10,12,16,18H,4-5,7,9H2,(H,15,17). The number of rotatable bonds is 7. The maximum Gasteiger partial charge on any atom is 0.240 e. The predicted octanol–water partition coefficient (Wildman–Crippen LogP) is 1.14. The highest BCUT2D eigenvalue weighted by Crippen LogP contribution is 2.20. The largest absolute Gasteiger partial charge is 0.347 e. The maximum atomic E-state index is 12.3. The Morgan fingerprint density at radius 1 is 1.29 bits per heavy atom. The second kappa shape index (κ2) is 5.97. The Kier molecular flexibility index (Phi) is 4.05. The molecule has 0 bridgehead atoms. The van der Waals surface area contributed by atoms with Gasteiger partial charge in [0.2, 0.25) is 10.0 Å². The Morgan fingerprint density at radius 3 is 2.86 bits per heavy atom. The molecule has 0 radical (unpaired) electrons. The first-order chi connectivity index (χ1) is 10.1. The van der Waals surface area contributed by atoms with Gasteiger partial charge in [0.1, 0.15) is 0 Å². The van der Waals surface area contributed by atoms with Gasteiger partial charge in [0, 0.05) is 24.5 Å². The van der Waals surface area contributed by atoms with Gasteiger partial charge < -0.3 is 10.3 Å². The minimum Gasteiger partial charge on any atom is -0.347 e. The van der Waals surface area contributed by atoms with Crippen molar-refractivity contribution in [2.45, 2.75) is 36.9 Å². The van der Waals surface area contributed by atoms with Gasteiger partial charge in [-0.25, -0.2) is 18.1 Å². The zero-order valence-electron chi connectivity index (χ0n) is 11.5. The summed E-state index contributed by atoms with van der Waals surface area (Å²) in [5, 5.41) is 3.38. The minimum atomic E-state index is -3.51. The predicted molar refractivity (Wildman–Crippen MR) is 78.9 cm³/mol. The molecular weight excluding hydrogens is 288 g/mol. The molecule has 21 heavy (non-hydrogen) atoms. The number of nitrogens with zero attached hydrogens (tertiary/aromatic N) is 1. The highest BCUT2D eigenvalue weighted by molar-refractivity contribution is 7.89. The van der Waals surface area contributed by atoms with E-state index in [1.54, 1.807) is 24.4 Å². The van der Waals surface area contributed by atoms with Crippen LogP contribution in [0, 0.1) is 0 Å². The van der Waals surface area contributed by atoms with Gasteiger partial charge in [0.05, 0.1) is 17.8 Å². The van der Waals surface area contributed by atoms with E-state index in [9.17, 15) is 8.42 Å². The Bertz CT molecular complexity index is 694. The molecule has 112 valence electrons.